The van der Waals surface area contributed by atoms with Gasteiger partial charge in [-0.05, 0) is 23.4 Å². The monoisotopic (exact) mass is 169 g/mol. The van der Waals surface area contributed by atoms with E-state index in [0.29, 0.717) is 10.8 Å². The van der Waals surface area contributed by atoms with E-state index in [1.807, 2.05) is 6.92 Å². The Morgan fingerprint density at radius 3 is 3.18 bits per heavy atom. The first-order valence-electron chi connectivity index (χ1n) is 2.99. The molecule has 56 valence electrons. The largest absolute Gasteiger partial charge is 0.202 e. The van der Waals surface area contributed by atoms with Crippen LogP contribution in [0, 0.1) is 6.92 Å². The van der Waals surface area contributed by atoms with E-state index < -0.39 is 0 Å². The van der Waals surface area contributed by atoms with Crippen LogP contribution in [0.2, 0.25) is 5.15 Å². The average Bonchev–Trinajstić information content (AvgIpc) is 2.34. The standard InChI is InChI=1S/C5H4ClN5/c1-3-2-4(6)8-11-5(3)7-9-10-11/h2H,1H3. The normalized spacial score (nSPS) is 10.7. The fourth-order valence-electron chi connectivity index (χ4n) is 0.849. The van der Waals surface area contributed by atoms with Gasteiger partial charge in [0.25, 0.3) is 0 Å². The van der Waals surface area contributed by atoms with Gasteiger partial charge in [-0.3, -0.25) is 0 Å². The summed E-state index contributed by atoms with van der Waals surface area (Å²) in [5.74, 6) is 0. The minimum absolute atomic E-state index is 0.391. The molecule has 6 heteroatoms. The Hall–Kier alpha value is -1.23. The third kappa shape index (κ3) is 0.932. The molecule has 0 atom stereocenters. The van der Waals surface area contributed by atoms with E-state index in [1.54, 1.807) is 6.07 Å². The highest BCUT2D eigenvalue weighted by atomic mass is 35.5. The molecule has 2 heterocycles. The molecule has 0 saturated heterocycles. The molecule has 11 heavy (non-hydrogen) atoms. The van der Waals surface area contributed by atoms with Gasteiger partial charge >= 0.3 is 0 Å². The molecule has 0 N–H and O–H groups in total. The van der Waals surface area contributed by atoms with Crippen molar-refractivity contribution in [2.45, 2.75) is 6.92 Å². The summed E-state index contributed by atoms with van der Waals surface area (Å²) < 4.78 is 1.30. The van der Waals surface area contributed by atoms with E-state index in [0.717, 1.165) is 5.56 Å². The van der Waals surface area contributed by atoms with Crippen LogP contribution in [0.5, 0.6) is 0 Å². The smallest absolute Gasteiger partial charge is 0.135 e. The number of fused-ring (bicyclic) bond motifs is 1. The van der Waals surface area contributed by atoms with Crippen LogP contribution in [0.25, 0.3) is 5.65 Å². The molecule has 0 saturated carbocycles. The Labute approximate surface area is 67.0 Å². The number of hydrogen-bond acceptors (Lipinski definition) is 4. The van der Waals surface area contributed by atoms with Gasteiger partial charge in [-0.1, -0.05) is 11.6 Å². The zero-order chi connectivity index (χ0) is 7.84. The molecule has 2 aromatic rings. The lowest BCUT2D eigenvalue weighted by Crippen LogP contribution is -1.95. The van der Waals surface area contributed by atoms with Gasteiger partial charge in [-0.15, -0.1) is 14.8 Å². The number of rotatable bonds is 0. The molecule has 0 aliphatic rings. The number of tetrazole rings is 1. The van der Waals surface area contributed by atoms with Crippen LogP contribution in [0.1, 0.15) is 5.56 Å². The molecule has 0 bridgehead atoms. The fraction of sp³-hybridized carbons (Fsp3) is 0.200. The van der Waals surface area contributed by atoms with Gasteiger partial charge in [0.05, 0.1) is 0 Å². The fourth-order valence-corrected chi connectivity index (χ4v) is 1.08. The van der Waals surface area contributed by atoms with Gasteiger partial charge in [0.2, 0.25) is 5.65 Å². The SMILES string of the molecule is Cc1cc(Cl)nn2nnnc12. The maximum atomic E-state index is 5.65. The second kappa shape index (κ2) is 2.13. The Balaban J connectivity index is 2.91. The molecule has 0 aliphatic heterocycles. The Bertz CT molecular complexity index is 395. The van der Waals surface area contributed by atoms with Crippen molar-refractivity contribution in [3.8, 4) is 0 Å². The minimum atomic E-state index is 0.391. The molecular weight excluding hydrogens is 166 g/mol. The molecule has 0 aromatic carbocycles. The maximum Gasteiger partial charge on any atom is 0.202 e. The van der Waals surface area contributed by atoms with Crippen LogP contribution in [0.3, 0.4) is 0 Å². The second-order valence-corrected chi connectivity index (χ2v) is 2.53. The topological polar surface area (TPSA) is 56.0 Å². The van der Waals surface area contributed by atoms with Crippen molar-refractivity contribution in [2.75, 3.05) is 0 Å². The average molecular weight is 170 g/mol. The highest BCUT2D eigenvalue weighted by molar-refractivity contribution is 6.29. The van der Waals surface area contributed by atoms with Crippen LogP contribution < -0.4 is 0 Å². The van der Waals surface area contributed by atoms with Gasteiger partial charge in [-0.25, -0.2) is 0 Å². The van der Waals surface area contributed by atoms with Crippen molar-refractivity contribution >= 4 is 17.2 Å². The molecule has 0 amide bonds. The van der Waals surface area contributed by atoms with Crippen LogP contribution in [-0.2, 0) is 0 Å². The van der Waals surface area contributed by atoms with Gasteiger partial charge in [0, 0.05) is 5.56 Å². The summed E-state index contributed by atoms with van der Waals surface area (Å²) in [5, 5.41) is 15.0. The summed E-state index contributed by atoms with van der Waals surface area (Å²) >= 11 is 5.65. The van der Waals surface area contributed by atoms with Crippen LogP contribution in [0.15, 0.2) is 6.07 Å². The quantitative estimate of drug-likeness (QED) is 0.576. The first-order chi connectivity index (χ1) is 5.27. The molecule has 0 aliphatic carbocycles. The second-order valence-electron chi connectivity index (χ2n) is 2.14. The lowest BCUT2D eigenvalue weighted by molar-refractivity contribution is 0.732. The summed E-state index contributed by atoms with van der Waals surface area (Å²) in [4.78, 5) is 0. The van der Waals surface area contributed by atoms with Gasteiger partial charge < -0.3 is 0 Å². The lowest BCUT2D eigenvalue weighted by Gasteiger charge is -1.93. The summed E-state index contributed by atoms with van der Waals surface area (Å²) in [6.07, 6.45) is 0. The Morgan fingerprint density at radius 1 is 1.55 bits per heavy atom. The van der Waals surface area contributed by atoms with E-state index in [9.17, 15) is 0 Å². The zero-order valence-electron chi connectivity index (χ0n) is 5.69. The van der Waals surface area contributed by atoms with Gasteiger partial charge in [0.15, 0.2) is 5.15 Å². The number of halogens is 1. The molecule has 5 nitrogen and oxygen atoms in total. The Morgan fingerprint density at radius 2 is 2.36 bits per heavy atom. The van der Waals surface area contributed by atoms with Gasteiger partial charge in [-0.2, -0.15) is 0 Å². The summed E-state index contributed by atoms with van der Waals surface area (Å²) in [7, 11) is 0. The molecule has 2 aromatic heterocycles. The summed E-state index contributed by atoms with van der Waals surface area (Å²) in [6, 6.07) is 1.72. The zero-order valence-corrected chi connectivity index (χ0v) is 6.45. The van der Waals surface area contributed by atoms with Crippen molar-refractivity contribution in [1.82, 2.24) is 25.3 Å². The highest BCUT2D eigenvalue weighted by Gasteiger charge is 2.02. The minimum Gasteiger partial charge on any atom is -0.135 e. The third-order valence-corrected chi connectivity index (χ3v) is 1.52. The number of aromatic nitrogens is 5. The van der Waals surface area contributed by atoms with Crippen molar-refractivity contribution < 1.29 is 0 Å². The third-order valence-electron chi connectivity index (χ3n) is 1.33. The number of hydrogen-bond donors (Lipinski definition) is 0. The van der Waals surface area contributed by atoms with Crippen LogP contribution >= 0.6 is 11.6 Å². The van der Waals surface area contributed by atoms with E-state index in [4.69, 9.17) is 11.6 Å². The Kier molecular flexibility index (Phi) is 1.25. The summed E-state index contributed by atoms with van der Waals surface area (Å²) in [6.45, 7) is 1.87. The maximum absolute atomic E-state index is 5.65. The predicted molar refractivity (Wildman–Crippen MR) is 38.3 cm³/mol. The van der Waals surface area contributed by atoms with E-state index in [1.165, 1.54) is 4.63 Å². The van der Waals surface area contributed by atoms with Crippen molar-refractivity contribution in [2.24, 2.45) is 0 Å². The van der Waals surface area contributed by atoms with Crippen molar-refractivity contribution in [3.63, 3.8) is 0 Å². The van der Waals surface area contributed by atoms with Crippen LogP contribution in [-0.4, -0.2) is 25.3 Å². The van der Waals surface area contributed by atoms with Crippen LogP contribution in [0.4, 0.5) is 0 Å². The molecular formula is C5H4ClN5. The molecule has 0 fully saturated rings. The lowest BCUT2D eigenvalue weighted by atomic mass is 10.3. The van der Waals surface area contributed by atoms with Gasteiger partial charge in [0.1, 0.15) is 0 Å². The van der Waals surface area contributed by atoms with E-state index in [2.05, 4.69) is 20.6 Å². The predicted octanol–water partition coefficient (Wildman–Crippen LogP) is 0.481. The molecule has 0 unspecified atom stereocenters. The highest BCUT2D eigenvalue weighted by Crippen LogP contribution is 2.09. The first-order valence-corrected chi connectivity index (χ1v) is 3.37. The van der Waals surface area contributed by atoms with Crippen molar-refractivity contribution in [1.29, 1.82) is 0 Å². The number of aryl methyl sites for hydroxylation is 1. The molecule has 2 rings (SSSR count). The first kappa shape index (κ1) is 6.48. The molecule has 0 radical (unpaired) electrons. The van der Waals surface area contributed by atoms with E-state index in [-0.39, 0.29) is 0 Å². The van der Waals surface area contributed by atoms with Crippen molar-refractivity contribution in [3.05, 3.63) is 16.8 Å². The molecule has 0 spiro atoms. The van der Waals surface area contributed by atoms with E-state index >= 15 is 0 Å². The summed E-state index contributed by atoms with van der Waals surface area (Å²) in [5.41, 5.74) is 1.55. The number of nitrogens with zero attached hydrogens (tertiary/aromatic N) is 5.